The molecule has 0 N–H and O–H groups in total. The van der Waals surface area contributed by atoms with Crippen LogP contribution in [-0.2, 0) is 18.8 Å². The van der Waals surface area contributed by atoms with Gasteiger partial charge in [-0.25, -0.2) is 4.98 Å². The van der Waals surface area contributed by atoms with Gasteiger partial charge in [-0.3, -0.25) is 13.8 Å². The van der Waals surface area contributed by atoms with Crippen LogP contribution in [0.5, 0.6) is 0 Å². The van der Waals surface area contributed by atoms with Gasteiger partial charge in [-0.05, 0) is 23.9 Å². The minimum atomic E-state index is -0.689. The van der Waals surface area contributed by atoms with Gasteiger partial charge in [0.25, 0.3) is 0 Å². The molecular weight excluding hydrogens is 537 g/mol. The van der Waals surface area contributed by atoms with Crippen LogP contribution < -0.4 is 0 Å². The molecular formula is C20H11ClF2N2Pt. The van der Waals surface area contributed by atoms with Crippen molar-refractivity contribution in [2.45, 2.75) is 0 Å². The normalized spacial score (nSPS) is 10.3. The van der Waals surface area contributed by atoms with Gasteiger partial charge in [-0.15, -0.1) is 12.1 Å². The van der Waals surface area contributed by atoms with Gasteiger partial charge in [0.05, 0.1) is 16.9 Å². The van der Waals surface area contributed by atoms with E-state index < -0.39 is 11.6 Å². The molecule has 0 radical (unpaired) electrons. The molecule has 0 atom stereocenters. The first-order valence-electron chi connectivity index (χ1n) is 7.53. The fourth-order valence-electron chi connectivity index (χ4n) is 2.57. The second-order valence-corrected chi connectivity index (χ2v) is 5.34. The number of fused-ring (bicyclic) bond motifs is 1. The maximum atomic E-state index is 14.0. The van der Waals surface area contributed by atoms with Gasteiger partial charge in [0.15, 0.2) is 0 Å². The molecule has 6 heteroatoms. The number of halogens is 3. The molecule has 2 nitrogen and oxygen atoms in total. The van der Waals surface area contributed by atoms with E-state index in [-0.39, 0.29) is 5.56 Å². The van der Waals surface area contributed by atoms with E-state index in [0.717, 1.165) is 23.0 Å². The Morgan fingerprint density at radius 2 is 1.54 bits per heavy atom. The summed E-state index contributed by atoms with van der Waals surface area (Å²) in [6.45, 7) is 0. The van der Waals surface area contributed by atoms with Gasteiger partial charge in [0, 0.05) is 17.0 Å². The minimum absolute atomic E-state index is 0.138. The molecule has 0 saturated carbocycles. The first-order chi connectivity index (χ1) is 12.7. The van der Waals surface area contributed by atoms with Gasteiger partial charge in [-0.1, -0.05) is 48.0 Å². The van der Waals surface area contributed by atoms with Gasteiger partial charge in [-0.2, -0.15) is 0 Å². The topological polar surface area (TPSA) is 25.8 Å². The van der Waals surface area contributed by atoms with Crippen molar-refractivity contribution in [2.24, 2.45) is 0 Å². The molecule has 4 rings (SSSR count). The fourth-order valence-corrected chi connectivity index (χ4v) is 2.57. The van der Waals surface area contributed by atoms with E-state index >= 15 is 0 Å². The molecule has 2 heterocycles. The zero-order valence-electron chi connectivity index (χ0n) is 13.2. The summed E-state index contributed by atoms with van der Waals surface area (Å²) < 4.78 is 27.0. The van der Waals surface area contributed by atoms with Crippen molar-refractivity contribution < 1.29 is 27.6 Å². The van der Waals surface area contributed by atoms with Crippen molar-refractivity contribution in [3.63, 3.8) is 0 Å². The number of pyridine rings is 2. The van der Waals surface area contributed by atoms with E-state index in [9.17, 15) is 8.78 Å². The molecule has 132 valence electrons. The average Bonchev–Trinajstić information content (AvgIpc) is 2.69. The summed E-state index contributed by atoms with van der Waals surface area (Å²) in [6, 6.07) is 21.4. The molecule has 2 aromatic carbocycles. The van der Waals surface area contributed by atoms with Crippen LogP contribution in [0, 0.1) is 17.7 Å². The molecule has 0 unspecified atom stereocenters. The Morgan fingerprint density at radius 1 is 0.808 bits per heavy atom. The predicted octanol–water partition coefficient (Wildman–Crippen LogP) is 5.73. The number of hydrogen-bond donors (Lipinski definition) is 0. The van der Waals surface area contributed by atoms with Crippen LogP contribution in [0.2, 0.25) is 0 Å². The first-order valence-corrected chi connectivity index (χ1v) is 10.3. The van der Waals surface area contributed by atoms with Crippen molar-refractivity contribution >= 4 is 20.3 Å². The Balaban J connectivity index is 0.000000948. The molecule has 0 spiro atoms. The summed E-state index contributed by atoms with van der Waals surface area (Å²) >= 11 is 1.61. The zero-order valence-corrected chi connectivity index (χ0v) is 16.2. The van der Waals surface area contributed by atoms with E-state index in [2.05, 4.69) is 25.5 Å². The Hall–Kier alpha value is -2.16. The van der Waals surface area contributed by atoms with E-state index in [4.69, 9.17) is 0 Å². The summed E-state index contributed by atoms with van der Waals surface area (Å²) in [5.41, 5.74) is 2.70. The number of para-hydroxylation sites is 1. The Bertz CT molecular complexity index is 1060. The van der Waals surface area contributed by atoms with Gasteiger partial charge in [0.2, 0.25) is 0 Å². The number of benzene rings is 2. The van der Waals surface area contributed by atoms with Gasteiger partial charge >= 0.3 is 28.2 Å². The van der Waals surface area contributed by atoms with Crippen LogP contribution >= 0.6 is 9.42 Å². The second-order valence-electron chi connectivity index (χ2n) is 5.34. The van der Waals surface area contributed by atoms with Crippen molar-refractivity contribution in [3.05, 3.63) is 84.4 Å². The fraction of sp³-hybridized carbons (Fsp3) is 0. The third-order valence-electron chi connectivity index (χ3n) is 3.72. The number of rotatable bonds is 2. The van der Waals surface area contributed by atoms with Crippen LogP contribution in [0.3, 0.4) is 0 Å². The SMILES string of the molecule is Fc1c[c-]c(-c2cccc(-c3ccc4ccccc4n3)n2)c(F)c1.[Cl][Pt+]. The van der Waals surface area contributed by atoms with E-state index in [1.54, 1.807) is 30.9 Å². The second kappa shape index (κ2) is 8.48. The molecule has 2 aromatic heterocycles. The quantitative estimate of drug-likeness (QED) is 0.300. The maximum absolute atomic E-state index is 14.0. The molecule has 0 saturated heterocycles. The molecule has 4 aromatic rings. The van der Waals surface area contributed by atoms with E-state index in [1.165, 1.54) is 0 Å². The molecule has 0 aliphatic heterocycles. The summed E-state index contributed by atoms with van der Waals surface area (Å²) in [5, 5.41) is 1.04. The van der Waals surface area contributed by atoms with Crippen molar-refractivity contribution in [1.82, 2.24) is 9.97 Å². The van der Waals surface area contributed by atoms with Gasteiger partial charge < -0.3 is 0 Å². The molecule has 0 amide bonds. The standard InChI is InChI=1S/C20H11F2N2.ClH.Pt/c21-14-9-10-15(16(22)12-14)18-6-3-7-19(24-18)20-11-8-13-4-1-2-5-17(13)23-20;;/h1-9,11-12H;1H;/q-1;;+2/p-1. The summed E-state index contributed by atoms with van der Waals surface area (Å²) in [5.74, 6) is -1.35. The van der Waals surface area contributed by atoms with Gasteiger partial charge in [0.1, 0.15) is 0 Å². The molecule has 0 fully saturated rings. The van der Waals surface area contributed by atoms with Crippen LogP contribution in [0.4, 0.5) is 8.78 Å². The third-order valence-corrected chi connectivity index (χ3v) is 3.72. The van der Waals surface area contributed by atoms with Crippen molar-refractivity contribution in [2.75, 3.05) is 0 Å². The Morgan fingerprint density at radius 3 is 2.35 bits per heavy atom. The average molecular weight is 548 g/mol. The molecule has 0 aliphatic carbocycles. The molecule has 0 aliphatic rings. The zero-order chi connectivity index (χ0) is 18.5. The third kappa shape index (κ3) is 3.98. The monoisotopic (exact) mass is 547 g/mol. The van der Waals surface area contributed by atoms with Crippen LogP contribution in [0.15, 0.2) is 66.7 Å². The first kappa shape index (κ1) is 18.6. The summed E-state index contributed by atoms with van der Waals surface area (Å²) in [4.78, 5) is 9.04. The van der Waals surface area contributed by atoms with Crippen LogP contribution in [-0.4, -0.2) is 9.97 Å². The van der Waals surface area contributed by atoms with Crippen LogP contribution in [0.1, 0.15) is 0 Å². The molecule has 0 bridgehead atoms. The van der Waals surface area contributed by atoms with Crippen LogP contribution in [0.25, 0.3) is 33.5 Å². The van der Waals surface area contributed by atoms with Crippen molar-refractivity contribution in [3.8, 4) is 22.6 Å². The predicted molar refractivity (Wildman–Crippen MR) is 95.0 cm³/mol. The Kier molecular flexibility index (Phi) is 6.07. The number of aromatic nitrogens is 2. The summed E-state index contributed by atoms with van der Waals surface area (Å²) in [6.07, 6.45) is 0. The molecule has 26 heavy (non-hydrogen) atoms. The summed E-state index contributed by atoms with van der Waals surface area (Å²) in [7, 11) is 4.61. The van der Waals surface area contributed by atoms with E-state index in [1.807, 2.05) is 42.5 Å². The van der Waals surface area contributed by atoms with Crippen molar-refractivity contribution in [1.29, 1.82) is 0 Å². The number of hydrogen-bond acceptors (Lipinski definition) is 2. The number of nitrogens with zero attached hydrogens (tertiary/aromatic N) is 2. The van der Waals surface area contributed by atoms with E-state index in [0.29, 0.717) is 17.1 Å². The Labute approximate surface area is 164 Å².